The van der Waals surface area contributed by atoms with E-state index in [1.54, 1.807) is 0 Å². The van der Waals surface area contributed by atoms with Crippen LogP contribution in [0.5, 0.6) is 0 Å². The van der Waals surface area contributed by atoms with E-state index in [1.807, 2.05) is 39.0 Å². The summed E-state index contributed by atoms with van der Waals surface area (Å²) >= 11 is 0. The average molecular weight is 233 g/mol. The number of benzene rings is 1. The van der Waals surface area contributed by atoms with Crippen molar-refractivity contribution in [3.8, 4) is 0 Å². The Bertz CT molecular complexity index is 394. The molecule has 0 bridgehead atoms. The van der Waals surface area contributed by atoms with Crippen LogP contribution in [0, 0.1) is 0 Å². The smallest absolute Gasteiger partial charge is 0.325 e. The summed E-state index contributed by atoms with van der Waals surface area (Å²) in [5.74, 6) is -0.103. The molecule has 3 nitrogen and oxygen atoms in total. The number of hydrogen-bond acceptors (Lipinski definition) is 3. The van der Waals surface area contributed by atoms with Crippen molar-refractivity contribution < 1.29 is 9.53 Å². The van der Waals surface area contributed by atoms with Crippen molar-refractivity contribution in [2.24, 2.45) is 0 Å². The van der Waals surface area contributed by atoms with E-state index in [0.29, 0.717) is 0 Å². The van der Waals surface area contributed by atoms with Crippen LogP contribution < -0.4 is 0 Å². The molecule has 1 aromatic rings. The fourth-order valence-electron chi connectivity index (χ4n) is 1.76. The van der Waals surface area contributed by atoms with Crippen molar-refractivity contribution in [1.82, 2.24) is 4.90 Å². The quantitative estimate of drug-likeness (QED) is 0.592. The maximum Gasteiger partial charge on any atom is 0.325 e. The van der Waals surface area contributed by atoms with Crippen LogP contribution >= 0.6 is 0 Å². The van der Waals surface area contributed by atoms with Crippen LogP contribution in [0.1, 0.15) is 26.3 Å². The molecule has 0 spiro atoms. The standard InChI is InChI=1S/C14H19NO2/c1-14(2,3)17-13(16)12-10-15(12)9-11-7-5-4-6-8-11/h4-8,12H,9-10H2,1-3H3. The molecule has 3 heteroatoms. The molecule has 0 radical (unpaired) electrons. The molecule has 0 saturated carbocycles. The van der Waals surface area contributed by atoms with E-state index in [0.717, 1.165) is 13.1 Å². The minimum absolute atomic E-state index is 0.0468. The molecule has 0 aliphatic carbocycles. The van der Waals surface area contributed by atoms with Crippen LogP contribution in [0.4, 0.5) is 0 Å². The first kappa shape index (κ1) is 12.1. The van der Waals surface area contributed by atoms with Gasteiger partial charge in [0.2, 0.25) is 0 Å². The third-order valence-corrected chi connectivity index (χ3v) is 2.62. The molecule has 17 heavy (non-hydrogen) atoms. The Hall–Kier alpha value is -1.35. The van der Waals surface area contributed by atoms with Crippen molar-refractivity contribution >= 4 is 5.97 Å². The molecule has 2 atom stereocenters. The highest BCUT2D eigenvalue weighted by atomic mass is 16.6. The van der Waals surface area contributed by atoms with Crippen LogP contribution in [-0.2, 0) is 16.1 Å². The summed E-state index contributed by atoms with van der Waals surface area (Å²) in [6.07, 6.45) is 0. The van der Waals surface area contributed by atoms with Crippen LogP contribution in [0.2, 0.25) is 0 Å². The van der Waals surface area contributed by atoms with Crippen LogP contribution in [0.15, 0.2) is 30.3 Å². The van der Waals surface area contributed by atoms with Gasteiger partial charge in [-0.3, -0.25) is 9.69 Å². The Morgan fingerprint density at radius 2 is 2.00 bits per heavy atom. The molecular formula is C14H19NO2. The number of rotatable bonds is 3. The van der Waals surface area contributed by atoms with Crippen molar-refractivity contribution in [1.29, 1.82) is 0 Å². The van der Waals surface area contributed by atoms with E-state index in [4.69, 9.17) is 4.74 Å². The highest BCUT2D eigenvalue weighted by molar-refractivity contribution is 5.79. The first-order chi connectivity index (χ1) is 7.96. The number of carbonyl (C=O) groups is 1. The second-order valence-electron chi connectivity index (χ2n) is 5.46. The van der Waals surface area contributed by atoms with Gasteiger partial charge in [0.25, 0.3) is 0 Å². The van der Waals surface area contributed by atoms with E-state index in [-0.39, 0.29) is 12.0 Å². The number of esters is 1. The average Bonchev–Trinajstić information content (AvgIpc) is 2.96. The fraction of sp³-hybridized carbons (Fsp3) is 0.500. The molecule has 1 saturated heterocycles. The minimum atomic E-state index is -0.391. The Morgan fingerprint density at radius 3 is 2.59 bits per heavy atom. The predicted molar refractivity (Wildman–Crippen MR) is 66.5 cm³/mol. The van der Waals surface area contributed by atoms with Crippen LogP contribution in [0.25, 0.3) is 0 Å². The largest absolute Gasteiger partial charge is 0.459 e. The second-order valence-corrected chi connectivity index (χ2v) is 5.46. The van der Waals surface area contributed by atoms with E-state index < -0.39 is 5.60 Å². The van der Waals surface area contributed by atoms with Gasteiger partial charge in [-0.1, -0.05) is 30.3 Å². The van der Waals surface area contributed by atoms with Gasteiger partial charge in [0, 0.05) is 13.1 Å². The molecule has 1 aromatic carbocycles. The Balaban J connectivity index is 1.83. The van der Waals surface area contributed by atoms with Crippen molar-refractivity contribution in [3.05, 3.63) is 35.9 Å². The summed E-state index contributed by atoms with van der Waals surface area (Å²) < 4.78 is 5.35. The second kappa shape index (κ2) is 4.49. The third kappa shape index (κ3) is 3.56. The van der Waals surface area contributed by atoms with Gasteiger partial charge in [0.15, 0.2) is 0 Å². The van der Waals surface area contributed by atoms with Gasteiger partial charge in [0.1, 0.15) is 11.6 Å². The molecule has 1 aliphatic rings. The van der Waals surface area contributed by atoms with Gasteiger partial charge in [-0.2, -0.15) is 0 Å². The van der Waals surface area contributed by atoms with Gasteiger partial charge < -0.3 is 4.74 Å². The normalized spacial score (nSPS) is 23.2. The lowest BCUT2D eigenvalue weighted by Crippen LogP contribution is -2.28. The van der Waals surface area contributed by atoms with Crippen LogP contribution in [-0.4, -0.2) is 29.1 Å². The molecule has 0 aromatic heterocycles. The lowest BCUT2D eigenvalue weighted by molar-refractivity contribution is -0.155. The highest BCUT2D eigenvalue weighted by Crippen LogP contribution is 2.24. The maximum atomic E-state index is 11.8. The maximum absolute atomic E-state index is 11.8. The Kier molecular flexibility index (Phi) is 3.20. The van der Waals surface area contributed by atoms with Crippen molar-refractivity contribution in [2.75, 3.05) is 6.54 Å². The molecular weight excluding hydrogens is 214 g/mol. The van der Waals surface area contributed by atoms with Crippen LogP contribution in [0.3, 0.4) is 0 Å². The van der Waals surface area contributed by atoms with E-state index in [1.165, 1.54) is 5.56 Å². The summed E-state index contributed by atoms with van der Waals surface area (Å²) in [5, 5.41) is 0. The molecule has 0 amide bonds. The zero-order valence-electron chi connectivity index (χ0n) is 10.6. The number of ether oxygens (including phenoxy) is 1. The van der Waals surface area contributed by atoms with E-state index in [2.05, 4.69) is 17.0 Å². The van der Waals surface area contributed by atoms with Gasteiger partial charge in [0.05, 0.1) is 0 Å². The lowest BCUT2D eigenvalue weighted by atomic mass is 10.2. The zero-order valence-corrected chi connectivity index (χ0v) is 10.6. The molecule has 1 aliphatic heterocycles. The SMILES string of the molecule is CC(C)(C)OC(=O)C1CN1Cc1ccccc1. The summed E-state index contributed by atoms with van der Waals surface area (Å²) in [6.45, 7) is 7.33. The van der Waals surface area contributed by atoms with Gasteiger partial charge in [-0.25, -0.2) is 0 Å². The molecule has 2 unspecified atom stereocenters. The molecule has 1 heterocycles. The number of nitrogens with zero attached hydrogens (tertiary/aromatic N) is 1. The van der Waals surface area contributed by atoms with Gasteiger partial charge in [-0.05, 0) is 26.3 Å². The monoisotopic (exact) mass is 233 g/mol. The third-order valence-electron chi connectivity index (χ3n) is 2.62. The zero-order chi connectivity index (χ0) is 12.5. The van der Waals surface area contributed by atoms with Gasteiger partial charge >= 0.3 is 5.97 Å². The summed E-state index contributed by atoms with van der Waals surface area (Å²) in [7, 11) is 0. The number of hydrogen-bond donors (Lipinski definition) is 0. The van der Waals surface area contributed by atoms with Gasteiger partial charge in [-0.15, -0.1) is 0 Å². The Morgan fingerprint density at radius 1 is 1.35 bits per heavy atom. The summed E-state index contributed by atoms with van der Waals surface area (Å²) in [4.78, 5) is 13.9. The predicted octanol–water partition coefficient (Wildman–Crippen LogP) is 2.21. The summed E-state index contributed by atoms with van der Waals surface area (Å²) in [6, 6.07) is 10.1. The molecule has 1 fully saturated rings. The lowest BCUT2D eigenvalue weighted by Gasteiger charge is -2.19. The number of carbonyl (C=O) groups excluding carboxylic acids is 1. The Labute approximate surface area is 102 Å². The first-order valence-corrected chi connectivity index (χ1v) is 5.96. The topological polar surface area (TPSA) is 29.3 Å². The van der Waals surface area contributed by atoms with Crippen molar-refractivity contribution in [2.45, 2.75) is 39.0 Å². The van der Waals surface area contributed by atoms with E-state index in [9.17, 15) is 4.79 Å². The summed E-state index contributed by atoms with van der Waals surface area (Å²) in [5.41, 5.74) is 0.844. The minimum Gasteiger partial charge on any atom is -0.459 e. The molecule has 2 rings (SSSR count). The van der Waals surface area contributed by atoms with Crippen molar-refractivity contribution in [3.63, 3.8) is 0 Å². The fourth-order valence-corrected chi connectivity index (χ4v) is 1.76. The molecule has 0 N–H and O–H groups in total. The first-order valence-electron chi connectivity index (χ1n) is 5.96. The van der Waals surface area contributed by atoms with E-state index >= 15 is 0 Å². The molecule has 92 valence electrons. The highest BCUT2D eigenvalue weighted by Gasteiger charge is 2.42.